The van der Waals surface area contributed by atoms with E-state index in [4.69, 9.17) is 10.5 Å². The number of benzene rings is 1. The molecule has 0 spiro atoms. The van der Waals surface area contributed by atoms with Crippen molar-refractivity contribution in [3.8, 4) is 5.75 Å². The van der Waals surface area contributed by atoms with Gasteiger partial charge in [0, 0.05) is 13.1 Å². The second-order valence-electron chi connectivity index (χ2n) is 5.10. The molecule has 0 aliphatic carbocycles. The molecular weight excluding hydrogens is 308 g/mol. The number of ether oxygens (including phenoxy) is 1. The fraction of sp³-hybridized carbons (Fsp3) is 0.571. The van der Waals surface area contributed by atoms with E-state index in [1.807, 2.05) is 11.8 Å². The van der Waals surface area contributed by atoms with Gasteiger partial charge in [0.05, 0.1) is 7.11 Å². The van der Waals surface area contributed by atoms with Gasteiger partial charge in [-0.2, -0.15) is 11.8 Å². The highest BCUT2D eigenvalue weighted by molar-refractivity contribution is 7.99. The smallest absolute Gasteiger partial charge is 0.244 e. The standard InChI is InChI=1S/C14H22N2O3S2/c1-19-13-8-12(9-15)2-3-14(13)21(17,18)16-10-11-4-6-20-7-5-11/h2-3,8,11,16H,4-7,9-10,15H2,1H3. The van der Waals surface area contributed by atoms with Gasteiger partial charge in [0.2, 0.25) is 10.0 Å². The predicted octanol–water partition coefficient (Wildman–Crippen LogP) is 1.58. The summed E-state index contributed by atoms with van der Waals surface area (Å²) in [7, 11) is -2.08. The molecule has 0 aromatic heterocycles. The lowest BCUT2D eigenvalue weighted by Gasteiger charge is -2.21. The molecule has 1 aromatic carbocycles. The Balaban J connectivity index is 2.11. The third-order valence-corrected chi connectivity index (χ3v) is 6.17. The van der Waals surface area contributed by atoms with E-state index in [-0.39, 0.29) is 4.90 Å². The molecule has 0 radical (unpaired) electrons. The number of sulfonamides is 1. The van der Waals surface area contributed by atoms with E-state index in [2.05, 4.69) is 4.72 Å². The van der Waals surface area contributed by atoms with Crippen LogP contribution in [0.4, 0.5) is 0 Å². The molecule has 5 nitrogen and oxygen atoms in total. The Kier molecular flexibility index (Phi) is 5.92. The van der Waals surface area contributed by atoms with Gasteiger partial charge in [-0.3, -0.25) is 0 Å². The Hall–Kier alpha value is -0.760. The van der Waals surface area contributed by atoms with Crippen LogP contribution in [0.5, 0.6) is 5.75 Å². The van der Waals surface area contributed by atoms with E-state index in [9.17, 15) is 8.42 Å². The third-order valence-electron chi connectivity index (χ3n) is 3.66. The minimum atomic E-state index is -3.55. The Morgan fingerprint density at radius 2 is 2.10 bits per heavy atom. The van der Waals surface area contributed by atoms with E-state index in [1.54, 1.807) is 18.2 Å². The zero-order valence-electron chi connectivity index (χ0n) is 12.2. The number of nitrogens with two attached hydrogens (primary N) is 1. The van der Waals surface area contributed by atoms with Crippen LogP contribution < -0.4 is 15.2 Å². The highest BCUT2D eigenvalue weighted by Gasteiger charge is 2.22. The van der Waals surface area contributed by atoms with Crippen molar-refractivity contribution in [1.82, 2.24) is 4.72 Å². The minimum absolute atomic E-state index is 0.174. The number of methoxy groups -OCH3 is 1. The van der Waals surface area contributed by atoms with Crippen LogP contribution in [0, 0.1) is 5.92 Å². The average Bonchev–Trinajstić information content (AvgIpc) is 2.53. The van der Waals surface area contributed by atoms with Gasteiger partial charge in [-0.25, -0.2) is 13.1 Å². The molecule has 118 valence electrons. The third kappa shape index (κ3) is 4.35. The lowest BCUT2D eigenvalue weighted by molar-refractivity contribution is 0.401. The van der Waals surface area contributed by atoms with Gasteiger partial charge < -0.3 is 10.5 Å². The Morgan fingerprint density at radius 1 is 1.38 bits per heavy atom. The molecule has 1 aliphatic rings. The summed E-state index contributed by atoms with van der Waals surface area (Å²) in [5.41, 5.74) is 6.41. The molecule has 0 unspecified atom stereocenters. The average molecular weight is 330 g/mol. The molecule has 0 bridgehead atoms. The molecular formula is C14H22N2O3S2. The number of rotatable bonds is 6. The summed E-state index contributed by atoms with van der Waals surface area (Å²) in [6, 6.07) is 4.94. The topological polar surface area (TPSA) is 81.4 Å². The Bertz CT molecular complexity index is 570. The van der Waals surface area contributed by atoms with Crippen LogP contribution in [0.25, 0.3) is 0 Å². The quantitative estimate of drug-likeness (QED) is 0.827. The zero-order valence-corrected chi connectivity index (χ0v) is 13.8. The maximum atomic E-state index is 12.4. The van der Waals surface area contributed by atoms with E-state index in [0.717, 1.165) is 29.9 Å². The van der Waals surface area contributed by atoms with Crippen LogP contribution >= 0.6 is 11.8 Å². The van der Waals surface area contributed by atoms with Crippen LogP contribution in [0.2, 0.25) is 0 Å². The predicted molar refractivity (Wildman–Crippen MR) is 86.1 cm³/mol. The Morgan fingerprint density at radius 3 is 2.71 bits per heavy atom. The van der Waals surface area contributed by atoms with Crippen molar-refractivity contribution in [2.45, 2.75) is 24.3 Å². The maximum Gasteiger partial charge on any atom is 0.244 e. The molecule has 1 aromatic rings. The summed E-state index contributed by atoms with van der Waals surface area (Å²) in [4.78, 5) is 0.174. The van der Waals surface area contributed by atoms with Crippen molar-refractivity contribution in [3.63, 3.8) is 0 Å². The fourth-order valence-electron chi connectivity index (χ4n) is 2.32. The van der Waals surface area contributed by atoms with Crippen LogP contribution in [-0.4, -0.2) is 33.6 Å². The summed E-state index contributed by atoms with van der Waals surface area (Å²) in [6.45, 7) is 0.842. The molecule has 1 aliphatic heterocycles. The van der Waals surface area contributed by atoms with Crippen LogP contribution in [0.15, 0.2) is 23.1 Å². The first-order valence-corrected chi connectivity index (χ1v) is 9.65. The summed E-state index contributed by atoms with van der Waals surface area (Å²) < 4.78 is 32.8. The van der Waals surface area contributed by atoms with Crippen LogP contribution in [0.1, 0.15) is 18.4 Å². The largest absolute Gasteiger partial charge is 0.495 e. The van der Waals surface area contributed by atoms with Crippen molar-refractivity contribution >= 4 is 21.8 Å². The molecule has 1 saturated heterocycles. The number of nitrogens with one attached hydrogen (secondary N) is 1. The lowest BCUT2D eigenvalue weighted by Crippen LogP contribution is -2.31. The number of thioether (sulfide) groups is 1. The highest BCUT2D eigenvalue weighted by atomic mass is 32.2. The van der Waals surface area contributed by atoms with E-state index < -0.39 is 10.0 Å². The van der Waals surface area contributed by atoms with E-state index in [1.165, 1.54) is 7.11 Å². The number of hydrogen-bond acceptors (Lipinski definition) is 5. The lowest BCUT2D eigenvalue weighted by atomic mass is 10.0. The van der Waals surface area contributed by atoms with Crippen LogP contribution in [-0.2, 0) is 16.6 Å². The van der Waals surface area contributed by atoms with Crippen LogP contribution in [0.3, 0.4) is 0 Å². The monoisotopic (exact) mass is 330 g/mol. The van der Waals surface area contributed by atoms with Crippen molar-refractivity contribution in [1.29, 1.82) is 0 Å². The van der Waals surface area contributed by atoms with Gasteiger partial charge in [-0.05, 0) is 48.0 Å². The Labute approximate surface area is 130 Å². The van der Waals surface area contributed by atoms with Crippen molar-refractivity contribution in [3.05, 3.63) is 23.8 Å². The first-order chi connectivity index (χ1) is 10.1. The van der Waals surface area contributed by atoms with Gasteiger partial charge in [0.15, 0.2) is 0 Å². The molecule has 7 heteroatoms. The van der Waals surface area contributed by atoms with Crippen molar-refractivity contribution < 1.29 is 13.2 Å². The minimum Gasteiger partial charge on any atom is -0.495 e. The summed E-state index contributed by atoms with van der Waals surface area (Å²) >= 11 is 1.93. The normalized spacial score (nSPS) is 16.9. The van der Waals surface area contributed by atoms with E-state index in [0.29, 0.717) is 24.8 Å². The second kappa shape index (κ2) is 7.49. The van der Waals surface area contributed by atoms with Gasteiger partial charge in [-0.1, -0.05) is 6.07 Å². The van der Waals surface area contributed by atoms with E-state index >= 15 is 0 Å². The first-order valence-electron chi connectivity index (χ1n) is 7.01. The molecule has 1 fully saturated rings. The molecule has 0 saturated carbocycles. The van der Waals surface area contributed by atoms with Crippen molar-refractivity contribution in [2.75, 3.05) is 25.2 Å². The maximum absolute atomic E-state index is 12.4. The molecule has 1 heterocycles. The zero-order chi connectivity index (χ0) is 15.3. The SMILES string of the molecule is COc1cc(CN)ccc1S(=O)(=O)NCC1CCSCC1. The molecule has 21 heavy (non-hydrogen) atoms. The number of hydrogen-bond donors (Lipinski definition) is 2. The molecule has 0 atom stereocenters. The highest BCUT2D eigenvalue weighted by Crippen LogP contribution is 2.26. The molecule has 2 rings (SSSR count). The first kappa shape index (κ1) is 16.6. The van der Waals surface area contributed by atoms with Crippen molar-refractivity contribution in [2.24, 2.45) is 11.7 Å². The van der Waals surface area contributed by atoms with Gasteiger partial charge in [0.25, 0.3) is 0 Å². The summed E-state index contributed by atoms with van der Waals surface area (Å²) in [5, 5.41) is 0. The van der Waals surface area contributed by atoms with Gasteiger partial charge in [0.1, 0.15) is 10.6 Å². The van der Waals surface area contributed by atoms with Gasteiger partial charge in [-0.15, -0.1) is 0 Å². The van der Waals surface area contributed by atoms with Gasteiger partial charge >= 0.3 is 0 Å². The molecule has 0 amide bonds. The summed E-state index contributed by atoms with van der Waals surface area (Å²) in [5.74, 6) is 2.99. The molecule has 3 N–H and O–H groups in total. The summed E-state index contributed by atoms with van der Waals surface area (Å²) in [6.07, 6.45) is 2.13. The second-order valence-corrected chi connectivity index (χ2v) is 8.06. The fourth-order valence-corrected chi connectivity index (χ4v) is 4.79.